The molecule has 7 unspecified atom stereocenters. The van der Waals surface area contributed by atoms with E-state index >= 15 is 0 Å². The van der Waals surface area contributed by atoms with Crippen molar-refractivity contribution in [3.8, 4) is 0 Å². The second kappa shape index (κ2) is 12.3. The van der Waals surface area contributed by atoms with E-state index in [1.807, 2.05) is 37.6 Å². The Balaban J connectivity index is 0.978. The fourth-order valence-corrected chi connectivity index (χ4v) is 8.35. The molecule has 2 amide bonds. The summed E-state index contributed by atoms with van der Waals surface area (Å²) in [7, 11) is 0. The molecule has 7 rings (SSSR count). The summed E-state index contributed by atoms with van der Waals surface area (Å²) in [5, 5.41) is 30.0. The molecule has 252 valence electrons. The first-order valence-corrected chi connectivity index (χ1v) is 17.3. The van der Waals surface area contributed by atoms with Crippen LogP contribution in [0.3, 0.4) is 0 Å². The molecule has 6 aliphatic heterocycles. The third kappa shape index (κ3) is 6.34. The minimum Gasteiger partial charge on any atom is -0.444 e. The number of rotatable bonds is 3. The number of hydrazine groups is 1. The molecule has 12 nitrogen and oxygen atoms in total. The summed E-state index contributed by atoms with van der Waals surface area (Å²) in [5.41, 5.74) is 0.914. The van der Waals surface area contributed by atoms with Gasteiger partial charge in [-0.1, -0.05) is 12.2 Å². The predicted octanol–water partition coefficient (Wildman–Crippen LogP) is 2.45. The quantitative estimate of drug-likeness (QED) is 0.316. The van der Waals surface area contributed by atoms with Crippen molar-refractivity contribution in [3.63, 3.8) is 0 Å². The van der Waals surface area contributed by atoms with Crippen LogP contribution in [0.25, 0.3) is 0 Å². The second-order valence-electron chi connectivity index (χ2n) is 15.4. The first-order valence-electron chi connectivity index (χ1n) is 17.3. The average molecular weight is 637 g/mol. The number of amides is 2. The van der Waals surface area contributed by atoms with E-state index in [1.54, 1.807) is 0 Å². The molecular weight excluding hydrogens is 584 g/mol. The molecule has 6 aliphatic rings. The average Bonchev–Trinajstić information content (AvgIpc) is 3.67. The molecule has 46 heavy (non-hydrogen) atoms. The zero-order valence-corrected chi connectivity index (χ0v) is 27.7. The van der Waals surface area contributed by atoms with Gasteiger partial charge in [-0.2, -0.15) is 5.01 Å². The summed E-state index contributed by atoms with van der Waals surface area (Å²) in [6, 6.07) is 8.55. The molecule has 5 N–H and O–H groups in total. The molecule has 0 aromatic heterocycles. The number of fused-ring (bicyclic) bond motifs is 7. The fraction of sp³-hybridized carbons (Fsp3) is 0.706. The van der Waals surface area contributed by atoms with Crippen LogP contribution in [0.5, 0.6) is 0 Å². The number of piperidine rings is 1. The summed E-state index contributed by atoms with van der Waals surface area (Å²) < 4.78 is 5.60. The van der Waals surface area contributed by atoms with Crippen LogP contribution >= 0.6 is 0 Å². The molecule has 5 fully saturated rings. The van der Waals surface area contributed by atoms with E-state index in [4.69, 9.17) is 4.74 Å². The Morgan fingerprint density at radius 3 is 2.50 bits per heavy atom. The van der Waals surface area contributed by atoms with Gasteiger partial charge >= 0.3 is 6.09 Å². The van der Waals surface area contributed by atoms with Gasteiger partial charge in [0.25, 0.3) is 0 Å². The first kappa shape index (κ1) is 31.7. The van der Waals surface area contributed by atoms with Gasteiger partial charge in [0, 0.05) is 62.0 Å². The minimum atomic E-state index is -0.798. The van der Waals surface area contributed by atoms with Crippen LogP contribution in [0.1, 0.15) is 59.8 Å². The summed E-state index contributed by atoms with van der Waals surface area (Å²) in [6.45, 7) is 12.2. The van der Waals surface area contributed by atoms with Gasteiger partial charge in [-0.25, -0.2) is 4.79 Å². The van der Waals surface area contributed by atoms with Gasteiger partial charge in [-0.15, -0.1) is 0 Å². The van der Waals surface area contributed by atoms with Gasteiger partial charge in [-0.05, 0) is 84.1 Å². The van der Waals surface area contributed by atoms with Crippen molar-refractivity contribution in [1.82, 2.24) is 30.9 Å². The van der Waals surface area contributed by atoms with Crippen molar-refractivity contribution < 1.29 is 19.4 Å². The van der Waals surface area contributed by atoms with Crippen LogP contribution in [0.15, 0.2) is 36.4 Å². The van der Waals surface area contributed by atoms with Gasteiger partial charge in [0.2, 0.25) is 5.91 Å². The second-order valence-corrected chi connectivity index (χ2v) is 15.4. The van der Waals surface area contributed by atoms with Crippen molar-refractivity contribution in [1.29, 1.82) is 0 Å². The number of aliphatic hydroxyl groups is 1. The Morgan fingerprint density at radius 1 is 1.04 bits per heavy atom. The van der Waals surface area contributed by atoms with Crippen molar-refractivity contribution in [2.45, 2.75) is 95.7 Å². The standard InChI is InChI=1S/C34H52N8O4/c1-33(2,3)46-32(44)40-20-22-18-39(19-23(22)21-40)25-13-11-24(12-14-25)36-31-35-17-26-29(38-31)42-28-10-8-9-27(37-28)34(4,45)15-6-5-7-16-41(42)30(26)43/h5,7,11-14,22-23,26-29,31,35-38,45H,6,8-10,15-21H2,1-4H3/b7-5-/t22?,23?,26?,27?,28?,29?,31?,34-/m0/s1. The normalized spacial score (nSPS) is 37.3. The molecule has 5 saturated heterocycles. The largest absolute Gasteiger partial charge is 0.444 e. The van der Waals surface area contributed by atoms with Crippen LogP contribution in [-0.4, -0.2) is 107 Å². The van der Waals surface area contributed by atoms with E-state index in [0.717, 1.165) is 57.5 Å². The van der Waals surface area contributed by atoms with Crippen LogP contribution in [0, 0.1) is 17.8 Å². The number of anilines is 2. The summed E-state index contributed by atoms with van der Waals surface area (Å²) in [6.07, 6.45) is 7.93. The smallest absolute Gasteiger partial charge is 0.410 e. The van der Waals surface area contributed by atoms with E-state index in [2.05, 4.69) is 67.6 Å². The number of hydrogen-bond donors (Lipinski definition) is 5. The molecule has 0 spiro atoms. The maximum absolute atomic E-state index is 13.7. The van der Waals surface area contributed by atoms with Crippen molar-refractivity contribution in [2.75, 3.05) is 49.5 Å². The van der Waals surface area contributed by atoms with E-state index in [1.165, 1.54) is 5.69 Å². The Bertz CT molecular complexity index is 1300. The van der Waals surface area contributed by atoms with Crippen LogP contribution in [0.4, 0.5) is 16.2 Å². The van der Waals surface area contributed by atoms with E-state index in [9.17, 15) is 14.7 Å². The monoisotopic (exact) mass is 636 g/mol. The fourth-order valence-electron chi connectivity index (χ4n) is 8.35. The lowest BCUT2D eigenvalue weighted by Crippen LogP contribution is -2.69. The van der Waals surface area contributed by atoms with Crippen molar-refractivity contribution >= 4 is 23.4 Å². The van der Waals surface area contributed by atoms with Gasteiger partial charge in [0.05, 0.1) is 30.4 Å². The number of allylic oxidation sites excluding steroid dienone is 1. The van der Waals surface area contributed by atoms with Crippen LogP contribution < -0.4 is 26.2 Å². The SMILES string of the molecule is CC(C)(C)OC(=O)N1CC2CN(c3ccc(NC4NCC5C(=O)N6C/C=C\CC[C@](C)(O)C7CCCC(N7)N6C5N4)cc3)CC2C1. The lowest BCUT2D eigenvalue weighted by molar-refractivity contribution is -0.146. The Kier molecular flexibility index (Phi) is 8.46. The maximum Gasteiger partial charge on any atom is 0.410 e. The van der Waals surface area contributed by atoms with Gasteiger partial charge < -0.3 is 25.0 Å². The number of ether oxygens (including phenoxy) is 1. The number of carbonyl (C=O) groups excluding carboxylic acids is 2. The maximum atomic E-state index is 13.7. The Hall–Kier alpha value is -2.90. The van der Waals surface area contributed by atoms with Crippen molar-refractivity contribution in [2.24, 2.45) is 17.8 Å². The zero-order valence-electron chi connectivity index (χ0n) is 27.7. The summed E-state index contributed by atoms with van der Waals surface area (Å²) in [5.74, 6) is 0.858. The van der Waals surface area contributed by atoms with E-state index in [0.29, 0.717) is 31.3 Å². The molecule has 2 bridgehead atoms. The highest BCUT2D eigenvalue weighted by molar-refractivity contribution is 5.82. The summed E-state index contributed by atoms with van der Waals surface area (Å²) >= 11 is 0. The number of nitrogens with one attached hydrogen (secondary N) is 4. The number of nitrogens with zero attached hydrogens (tertiary/aromatic N) is 4. The van der Waals surface area contributed by atoms with Gasteiger partial charge in [-0.3, -0.25) is 25.8 Å². The third-order valence-electron chi connectivity index (χ3n) is 10.8. The summed E-state index contributed by atoms with van der Waals surface area (Å²) in [4.78, 5) is 30.5. The topological polar surface area (TPSA) is 125 Å². The highest BCUT2D eigenvalue weighted by atomic mass is 16.6. The number of hydrogen-bond acceptors (Lipinski definition) is 10. The molecule has 1 aromatic rings. The van der Waals surface area contributed by atoms with Crippen LogP contribution in [0.2, 0.25) is 0 Å². The highest BCUT2D eigenvalue weighted by Crippen LogP contribution is 2.36. The zero-order chi connectivity index (χ0) is 32.2. The Morgan fingerprint density at radius 2 is 1.78 bits per heavy atom. The molecule has 6 heterocycles. The van der Waals surface area contributed by atoms with E-state index in [-0.39, 0.29) is 42.6 Å². The van der Waals surface area contributed by atoms with Gasteiger partial charge in [0.1, 0.15) is 11.9 Å². The first-order chi connectivity index (χ1) is 21.9. The molecule has 0 saturated carbocycles. The van der Waals surface area contributed by atoms with Gasteiger partial charge in [0.15, 0.2) is 0 Å². The lowest BCUT2D eigenvalue weighted by Gasteiger charge is -2.47. The van der Waals surface area contributed by atoms with E-state index < -0.39 is 11.2 Å². The number of likely N-dealkylation sites (tertiary alicyclic amines) is 1. The lowest BCUT2D eigenvalue weighted by atomic mass is 9.85. The molecule has 0 aliphatic carbocycles. The molecule has 1 aromatic carbocycles. The molecule has 0 radical (unpaired) electrons. The molecular formula is C34H52N8O4. The highest BCUT2D eigenvalue weighted by Gasteiger charge is 2.53. The van der Waals surface area contributed by atoms with Crippen molar-refractivity contribution in [3.05, 3.63) is 36.4 Å². The third-order valence-corrected chi connectivity index (χ3v) is 10.8. The van der Waals surface area contributed by atoms with Crippen LogP contribution in [-0.2, 0) is 9.53 Å². The number of benzene rings is 1. The Labute approximate surface area is 272 Å². The molecule has 8 atom stereocenters. The predicted molar refractivity (Wildman–Crippen MR) is 176 cm³/mol. The molecule has 12 heteroatoms. The minimum absolute atomic E-state index is 0.0120. The number of carbonyl (C=O) groups is 2.